The fourth-order valence-electron chi connectivity index (χ4n) is 1.89. The van der Waals surface area contributed by atoms with Gasteiger partial charge in [-0.2, -0.15) is 0 Å². The molecular weight excluding hydrogens is 295 g/mol. The monoisotopic (exact) mass is 308 g/mol. The summed E-state index contributed by atoms with van der Waals surface area (Å²) in [6, 6.07) is 12.6. The van der Waals surface area contributed by atoms with Crippen LogP contribution in [0, 0.1) is 12.7 Å². The Morgan fingerprint density at radius 2 is 2.00 bits per heavy atom. The number of halogens is 2. The predicted octanol–water partition coefficient (Wildman–Crippen LogP) is 4.17. The summed E-state index contributed by atoms with van der Waals surface area (Å²) in [5.41, 5.74) is 2.90. The van der Waals surface area contributed by atoms with Gasteiger partial charge in [-0.1, -0.05) is 35.9 Å². The van der Waals surface area contributed by atoms with Crippen LogP contribution >= 0.6 is 15.9 Å². The second kappa shape index (κ2) is 5.63. The first-order valence-corrected chi connectivity index (χ1v) is 6.54. The van der Waals surface area contributed by atoms with Crippen molar-refractivity contribution >= 4 is 15.9 Å². The molecular formula is C15H14BrFO. The zero-order chi connectivity index (χ0) is 13.1. The topological polar surface area (TPSA) is 20.2 Å². The van der Waals surface area contributed by atoms with Gasteiger partial charge in [0.15, 0.2) is 0 Å². The van der Waals surface area contributed by atoms with E-state index >= 15 is 0 Å². The van der Waals surface area contributed by atoms with Gasteiger partial charge in [0.1, 0.15) is 5.82 Å². The van der Waals surface area contributed by atoms with Gasteiger partial charge in [-0.25, -0.2) is 4.39 Å². The molecule has 0 aromatic heterocycles. The van der Waals surface area contributed by atoms with Crippen LogP contribution in [0.15, 0.2) is 46.9 Å². The van der Waals surface area contributed by atoms with E-state index in [1.54, 1.807) is 12.1 Å². The zero-order valence-electron chi connectivity index (χ0n) is 10.0. The predicted molar refractivity (Wildman–Crippen MR) is 73.9 cm³/mol. The molecule has 18 heavy (non-hydrogen) atoms. The molecule has 1 unspecified atom stereocenters. The molecule has 0 saturated heterocycles. The van der Waals surface area contributed by atoms with Crippen LogP contribution in [0.2, 0.25) is 0 Å². The van der Waals surface area contributed by atoms with Crippen molar-refractivity contribution in [1.82, 2.24) is 0 Å². The van der Waals surface area contributed by atoms with Crippen LogP contribution in [-0.2, 0) is 6.42 Å². The van der Waals surface area contributed by atoms with E-state index in [0.717, 1.165) is 16.7 Å². The number of aliphatic hydroxyl groups is 1. The summed E-state index contributed by atoms with van der Waals surface area (Å²) in [5, 5.41) is 10.1. The van der Waals surface area contributed by atoms with Gasteiger partial charge in [-0.15, -0.1) is 0 Å². The van der Waals surface area contributed by atoms with Crippen molar-refractivity contribution in [2.75, 3.05) is 0 Å². The van der Waals surface area contributed by atoms with Crippen LogP contribution in [0.5, 0.6) is 0 Å². The van der Waals surface area contributed by atoms with Crippen LogP contribution in [0.3, 0.4) is 0 Å². The Kier molecular flexibility index (Phi) is 4.15. The van der Waals surface area contributed by atoms with E-state index in [4.69, 9.17) is 0 Å². The van der Waals surface area contributed by atoms with E-state index < -0.39 is 6.10 Å². The third kappa shape index (κ3) is 3.18. The van der Waals surface area contributed by atoms with Crippen molar-refractivity contribution in [1.29, 1.82) is 0 Å². The molecule has 1 N–H and O–H groups in total. The number of aliphatic hydroxyl groups excluding tert-OH is 1. The summed E-state index contributed by atoms with van der Waals surface area (Å²) in [7, 11) is 0. The highest BCUT2D eigenvalue weighted by Gasteiger charge is 2.10. The summed E-state index contributed by atoms with van der Waals surface area (Å²) in [4.78, 5) is 0. The van der Waals surface area contributed by atoms with Gasteiger partial charge >= 0.3 is 0 Å². The van der Waals surface area contributed by atoms with E-state index in [1.165, 1.54) is 6.07 Å². The smallest absolute Gasteiger partial charge is 0.137 e. The molecule has 0 amide bonds. The first-order valence-electron chi connectivity index (χ1n) is 5.75. The van der Waals surface area contributed by atoms with E-state index in [-0.39, 0.29) is 5.82 Å². The van der Waals surface area contributed by atoms with Crippen molar-refractivity contribution in [3.05, 3.63) is 69.4 Å². The van der Waals surface area contributed by atoms with Crippen LogP contribution < -0.4 is 0 Å². The van der Waals surface area contributed by atoms with Crippen LogP contribution in [0.1, 0.15) is 22.8 Å². The second-order valence-electron chi connectivity index (χ2n) is 4.38. The van der Waals surface area contributed by atoms with Crippen molar-refractivity contribution < 1.29 is 9.50 Å². The number of benzene rings is 2. The molecule has 0 heterocycles. The minimum atomic E-state index is -0.567. The molecule has 2 aromatic rings. The lowest BCUT2D eigenvalue weighted by Gasteiger charge is -2.12. The first-order chi connectivity index (χ1) is 8.56. The van der Waals surface area contributed by atoms with Gasteiger partial charge in [0.05, 0.1) is 10.6 Å². The molecule has 3 heteroatoms. The number of hydrogen-bond acceptors (Lipinski definition) is 1. The largest absolute Gasteiger partial charge is 0.388 e. The third-order valence-electron chi connectivity index (χ3n) is 2.84. The van der Waals surface area contributed by atoms with Gasteiger partial charge in [0.2, 0.25) is 0 Å². The Balaban J connectivity index is 2.16. The van der Waals surface area contributed by atoms with Crippen molar-refractivity contribution in [3.63, 3.8) is 0 Å². The van der Waals surface area contributed by atoms with E-state index in [9.17, 15) is 9.50 Å². The normalized spacial score (nSPS) is 12.4. The first kappa shape index (κ1) is 13.2. The second-order valence-corrected chi connectivity index (χ2v) is 5.24. The number of aryl methyl sites for hydroxylation is 1. The highest BCUT2D eigenvalue weighted by Crippen LogP contribution is 2.22. The van der Waals surface area contributed by atoms with Crippen LogP contribution in [0.25, 0.3) is 0 Å². The maximum absolute atomic E-state index is 13.1. The molecule has 0 aliphatic heterocycles. The fraction of sp³-hybridized carbons (Fsp3) is 0.200. The highest BCUT2D eigenvalue weighted by atomic mass is 79.9. The summed E-state index contributed by atoms with van der Waals surface area (Å²) in [6.45, 7) is 1.99. The van der Waals surface area contributed by atoms with Crippen molar-refractivity contribution in [3.8, 4) is 0 Å². The molecule has 0 fully saturated rings. The van der Waals surface area contributed by atoms with Crippen LogP contribution in [-0.4, -0.2) is 5.11 Å². The fourth-order valence-corrected chi connectivity index (χ4v) is 2.31. The molecule has 1 atom stereocenters. The molecule has 0 aliphatic rings. The minimum absolute atomic E-state index is 0.288. The van der Waals surface area contributed by atoms with Gasteiger partial charge in [0, 0.05) is 6.42 Å². The summed E-state index contributed by atoms with van der Waals surface area (Å²) < 4.78 is 13.5. The lowest BCUT2D eigenvalue weighted by molar-refractivity contribution is 0.178. The Morgan fingerprint density at radius 1 is 1.22 bits per heavy atom. The van der Waals surface area contributed by atoms with Gasteiger partial charge in [0.25, 0.3) is 0 Å². The Bertz CT molecular complexity index is 554. The molecule has 1 nitrogen and oxygen atoms in total. The molecule has 0 radical (unpaired) electrons. The molecule has 2 aromatic carbocycles. The summed E-state index contributed by atoms with van der Waals surface area (Å²) in [5.74, 6) is -0.288. The Labute approximate surface area is 114 Å². The summed E-state index contributed by atoms with van der Waals surface area (Å²) in [6.07, 6.45) is -0.0928. The van der Waals surface area contributed by atoms with Crippen molar-refractivity contribution in [2.24, 2.45) is 0 Å². The van der Waals surface area contributed by atoms with Gasteiger partial charge < -0.3 is 5.11 Å². The Morgan fingerprint density at radius 3 is 2.67 bits per heavy atom. The summed E-state index contributed by atoms with van der Waals surface area (Å²) >= 11 is 3.15. The SMILES string of the molecule is Cc1cccc(C(O)Cc2ccc(F)c(Br)c2)c1. The molecule has 0 bridgehead atoms. The van der Waals surface area contributed by atoms with E-state index in [0.29, 0.717) is 10.9 Å². The lowest BCUT2D eigenvalue weighted by Crippen LogP contribution is -2.02. The maximum atomic E-state index is 13.1. The molecule has 94 valence electrons. The van der Waals surface area contributed by atoms with Gasteiger partial charge in [-0.05, 0) is 46.1 Å². The highest BCUT2D eigenvalue weighted by molar-refractivity contribution is 9.10. The van der Waals surface area contributed by atoms with Crippen molar-refractivity contribution in [2.45, 2.75) is 19.4 Å². The minimum Gasteiger partial charge on any atom is -0.388 e. The molecule has 2 rings (SSSR count). The van der Waals surface area contributed by atoms with E-state index in [2.05, 4.69) is 15.9 Å². The molecule has 0 aliphatic carbocycles. The van der Waals surface area contributed by atoms with Gasteiger partial charge in [-0.3, -0.25) is 0 Å². The molecule has 0 spiro atoms. The quantitative estimate of drug-likeness (QED) is 0.902. The van der Waals surface area contributed by atoms with E-state index in [1.807, 2.05) is 31.2 Å². The standard InChI is InChI=1S/C15H14BrFO/c1-10-3-2-4-12(7-10)15(18)9-11-5-6-14(17)13(16)8-11/h2-8,15,18H,9H2,1H3. The number of hydrogen-bond donors (Lipinski definition) is 1. The lowest BCUT2D eigenvalue weighted by atomic mass is 10.0. The molecule has 0 saturated carbocycles. The maximum Gasteiger partial charge on any atom is 0.137 e. The van der Waals surface area contributed by atoms with Crippen LogP contribution in [0.4, 0.5) is 4.39 Å². The average Bonchev–Trinajstić information content (AvgIpc) is 2.34. The zero-order valence-corrected chi connectivity index (χ0v) is 11.6. The Hall–Kier alpha value is -1.19. The number of rotatable bonds is 3. The third-order valence-corrected chi connectivity index (χ3v) is 3.45. The average molecular weight is 309 g/mol.